The van der Waals surface area contributed by atoms with E-state index in [9.17, 15) is 13.2 Å². The van der Waals surface area contributed by atoms with E-state index in [2.05, 4.69) is 5.32 Å². The Morgan fingerprint density at radius 3 is 2.44 bits per heavy atom. The number of nitrogens with one attached hydrogen (secondary N) is 1. The van der Waals surface area contributed by atoms with Crippen LogP contribution in [-0.2, 0) is 6.18 Å². The second kappa shape index (κ2) is 5.44. The Hall–Kier alpha value is -1.49. The highest BCUT2D eigenvalue weighted by Crippen LogP contribution is 2.30. The topological polar surface area (TPSA) is 21.3 Å². The fourth-order valence-electron chi connectivity index (χ4n) is 1.72. The summed E-state index contributed by atoms with van der Waals surface area (Å²) in [5.41, 5.74) is 0.518. The SMILES string of the molecule is FC(F)(F)c1ccc(OCC2=CCNCC2)cc1. The molecule has 0 atom stereocenters. The number of rotatable bonds is 3. The van der Waals surface area contributed by atoms with E-state index in [-0.39, 0.29) is 0 Å². The van der Waals surface area contributed by atoms with Crippen LogP contribution in [0.3, 0.4) is 0 Å². The van der Waals surface area contributed by atoms with Crippen LogP contribution in [0.2, 0.25) is 0 Å². The van der Waals surface area contributed by atoms with Crippen LogP contribution in [0.4, 0.5) is 13.2 Å². The molecule has 0 saturated heterocycles. The molecule has 1 heterocycles. The number of alkyl halides is 3. The summed E-state index contributed by atoms with van der Waals surface area (Å²) < 4.78 is 42.5. The molecule has 0 radical (unpaired) electrons. The van der Waals surface area contributed by atoms with Gasteiger partial charge in [0, 0.05) is 6.54 Å². The molecule has 2 rings (SSSR count). The van der Waals surface area contributed by atoms with Crippen molar-refractivity contribution < 1.29 is 17.9 Å². The minimum atomic E-state index is -4.30. The lowest BCUT2D eigenvalue weighted by atomic mass is 10.1. The fraction of sp³-hybridized carbons (Fsp3) is 0.385. The maximum Gasteiger partial charge on any atom is 0.416 e. The van der Waals surface area contributed by atoms with Crippen molar-refractivity contribution in [1.82, 2.24) is 5.32 Å². The van der Waals surface area contributed by atoms with Gasteiger partial charge in [0.25, 0.3) is 0 Å². The first-order chi connectivity index (χ1) is 8.55. The molecule has 2 nitrogen and oxygen atoms in total. The van der Waals surface area contributed by atoms with E-state index in [1.807, 2.05) is 6.08 Å². The minimum absolute atomic E-state index is 0.438. The quantitative estimate of drug-likeness (QED) is 0.840. The molecule has 0 aliphatic carbocycles. The number of halogens is 3. The summed E-state index contributed by atoms with van der Waals surface area (Å²) >= 11 is 0. The van der Waals surface area contributed by atoms with Crippen molar-refractivity contribution in [2.75, 3.05) is 19.7 Å². The van der Waals surface area contributed by atoms with Gasteiger partial charge in [0.1, 0.15) is 12.4 Å². The average Bonchev–Trinajstić information content (AvgIpc) is 2.37. The molecule has 1 aromatic rings. The Bertz CT molecular complexity index is 423. The highest BCUT2D eigenvalue weighted by Gasteiger charge is 2.29. The van der Waals surface area contributed by atoms with Crippen LogP contribution >= 0.6 is 0 Å². The molecule has 0 saturated carbocycles. The maximum absolute atomic E-state index is 12.3. The molecule has 0 aromatic heterocycles. The Morgan fingerprint density at radius 1 is 1.17 bits per heavy atom. The first-order valence-corrected chi connectivity index (χ1v) is 5.74. The van der Waals surface area contributed by atoms with Gasteiger partial charge in [-0.25, -0.2) is 0 Å². The van der Waals surface area contributed by atoms with Gasteiger partial charge in [-0.2, -0.15) is 13.2 Å². The summed E-state index contributed by atoms with van der Waals surface area (Å²) in [7, 11) is 0. The van der Waals surface area contributed by atoms with Crippen molar-refractivity contribution in [3.05, 3.63) is 41.5 Å². The standard InChI is InChI=1S/C13H14F3NO/c14-13(15,16)11-1-3-12(4-2-11)18-9-10-5-7-17-8-6-10/h1-5,17H,6-9H2. The summed E-state index contributed by atoms with van der Waals surface area (Å²) in [5, 5.41) is 3.18. The molecule has 18 heavy (non-hydrogen) atoms. The molecule has 0 amide bonds. The van der Waals surface area contributed by atoms with Crippen LogP contribution in [0, 0.1) is 0 Å². The van der Waals surface area contributed by atoms with Crippen molar-refractivity contribution >= 4 is 0 Å². The largest absolute Gasteiger partial charge is 0.489 e. The van der Waals surface area contributed by atoms with Crippen LogP contribution in [-0.4, -0.2) is 19.7 Å². The Balaban J connectivity index is 1.92. The normalized spacial score (nSPS) is 16.3. The van der Waals surface area contributed by atoms with Crippen molar-refractivity contribution in [2.24, 2.45) is 0 Å². The lowest BCUT2D eigenvalue weighted by Crippen LogP contribution is -2.22. The Kier molecular flexibility index (Phi) is 3.91. The maximum atomic E-state index is 12.3. The van der Waals surface area contributed by atoms with Gasteiger partial charge in [0.15, 0.2) is 0 Å². The molecule has 5 heteroatoms. The molecule has 1 N–H and O–H groups in total. The number of hydrogen-bond donors (Lipinski definition) is 1. The number of hydrogen-bond acceptors (Lipinski definition) is 2. The smallest absolute Gasteiger partial charge is 0.416 e. The molecule has 1 aliphatic heterocycles. The van der Waals surface area contributed by atoms with E-state index in [4.69, 9.17) is 4.74 Å². The summed E-state index contributed by atoms with van der Waals surface area (Å²) in [6, 6.07) is 4.77. The van der Waals surface area contributed by atoms with Gasteiger partial charge in [0.05, 0.1) is 5.56 Å². The van der Waals surface area contributed by atoms with Crippen LogP contribution in [0.5, 0.6) is 5.75 Å². The Morgan fingerprint density at radius 2 is 1.89 bits per heavy atom. The van der Waals surface area contributed by atoms with E-state index in [1.165, 1.54) is 17.7 Å². The van der Waals surface area contributed by atoms with E-state index < -0.39 is 11.7 Å². The molecule has 1 aromatic carbocycles. The minimum Gasteiger partial charge on any atom is -0.489 e. The second-order valence-corrected chi connectivity index (χ2v) is 4.13. The molecule has 1 aliphatic rings. The molecular weight excluding hydrogens is 243 g/mol. The van der Waals surface area contributed by atoms with Crippen LogP contribution < -0.4 is 10.1 Å². The van der Waals surface area contributed by atoms with Gasteiger partial charge >= 0.3 is 6.18 Å². The van der Waals surface area contributed by atoms with E-state index >= 15 is 0 Å². The van der Waals surface area contributed by atoms with Gasteiger partial charge in [-0.1, -0.05) is 6.08 Å². The molecule has 98 valence electrons. The van der Waals surface area contributed by atoms with Gasteiger partial charge in [-0.05, 0) is 42.8 Å². The van der Waals surface area contributed by atoms with Crippen molar-refractivity contribution in [3.8, 4) is 5.75 Å². The fourth-order valence-corrected chi connectivity index (χ4v) is 1.72. The lowest BCUT2D eigenvalue weighted by molar-refractivity contribution is -0.137. The zero-order valence-electron chi connectivity index (χ0n) is 9.76. The predicted molar refractivity (Wildman–Crippen MR) is 62.5 cm³/mol. The Labute approximate surface area is 103 Å². The van der Waals surface area contributed by atoms with Gasteiger partial charge in [-0.15, -0.1) is 0 Å². The van der Waals surface area contributed by atoms with E-state index in [1.54, 1.807) is 0 Å². The molecule has 0 spiro atoms. The predicted octanol–water partition coefficient (Wildman–Crippen LogP) is 3.00. The summed E-state index contributed by atoms with van der Waals surface area (Å²) in [6.45, 7) is 2.18. The van der Waals surface area contributed by atoms with Crippen LogP contribution in [0.25, 0.3) is 0 Å². The lowest BCUT2D eigenvalue weighted by Gasteiger charge is -2.15. The van der Waals surface area contributed by atoms with Crippen molar-refractivity contribution in [2.45, 2.75) is 12.6 Å². The molecular formula is C13H14F3NO. The zero-order chi connectivity index (χ0) is 13.0. The highest BCUT2D eigenvalue weighted by atomic mass is 19.4. The number of ether oxygens (including phenoxy) is 1. The average molecular weight is 257 g/mol. The summed E-state index contributed by atoms with van der Waals surface area (Å²) in [6.07, 6.45) is -1.33. The number of benzene rings is 1. The van der Waals surface area contributed by atoms with Gasteiger partial charge in [-0.3, -0.25) is 0 Å². The monoisotopic (exact) mass is 257 g/mol. The van der Waals surface area contributed by atoms with Crippen LogP contribution in [0.1, 0.15) is 12.0 Å². The summed E-state index contributed by atoms with van der Waals surface area (Å²) in [4.78, 5) is 0. The molecule has 0 unspecified atom stereocenters. The van der Waals surface area contributed by atoms with Gasteiger partial charge < -0.3 is 10.1 Å². The van der Waals surface area contributed by atoms with Crippen LogP contribution in [0.15, 0.2) is 35.9 Å². The zero-order valence-corrected chi connectivity index (χ0v) is 9.76. The first-order valence-electron chi connectivity index (χ1n) is 5.74. The molecule has 0 bridgehead atoms. The second-order valence-electron chi connectivity index (χ2n) is 4.13. The summed E-state index contributed by atoms with van der Waals surface area (Å²) in [5.74, 6) is 0.461. The van der Waals surface area contributed by atoms with E-state index in [0.29, 0.717) is 12.4 Å². The molecule has 0 fully saturated rings. The highest BCUT2D eigenvalue weighted by molar-refractivity contribution is 5.29. The third kappa shape index (κ3) is 3.50. The first kappa shape index (κ1) is 13.0. The van der Waals surface area contributed by atoms with Gasteiger partial charge in [0.2, 0.25) is 0 Å². The van der Waals surface area contributed by atoms with Crippen molar-refractivity contribution in [1.29, 1.82) is 0 Å². The van der Waals surface area contributed by atoms with Crippen molar-refractivity contribution in [3.63, 3.8) is 0 Å². The third-order valence-corrected chi connectivity index (χ3v) is 2.76. The third-order valence-electron chi connectivity index (χ3n) is 2.76. The van der Waals surface area contributed by atoms with E-state index in [0.717, 1.165) is 31.6 Å².